The van der Waals surface area contributed by atoms with Crippen LogP contribution in [0.15, 0.2) is 48.5 Å². The summed E-state index contributed by atoms with van der Waals surface area (Å²) >= 11 is 13.0. The van der Waals surface area contributed by atoms with Crippen molar-refractivity contribution in [1.82, 2.24) is 19.3 Å². The molecule has 0 atom stereocenters. The summed E-state index contributed by atoms with van der Waals surface area (Å²) in [4.78, 5) is 9.64. The molecule has 0 bridgehead atoms. The summed E-state index contributed by atoms with van der Waals surface area (Å²) in [5, 5.41) is 1.31. The van der Waals surface area contributed by atoms with Crippen molar-refractivity contribution in [3.05, 3.63) is 81.4 Å². The summed E-state index contributed by atoms with van der Waals surface area (Å²) in [6.07, 6.45) is 0. The van der Waals surface area contributed by atoms with Gasteiger partial charge in [-0.15, -0.1) is 0 Å². The van der Waals surface area contributed by atoms with Crippen molar-refractivity contribution in [3.8, 4) is 22.8 Å². The molecular weight excluding hydrogens is 391 g/mol. The Hall–Kier alpha value is -2.56. The number of imidazole rings is 2. The summed E-state index contributed by atoms with van der Waals surface area (Å²) in [5.41, 5.74) is 5.65. The molecule has 0 aliphatic rings. The Balaban J connectivity index is 2.07. The van der Waals surface area contributed by atoms with Gasteiger partial charge in [-0.25, -0.2) is 19.3 Å². The van der Waals surface area contributed by atoms with Crippen LogP contribution in [0.1, 0.15) is 22.8 Å². The molecule has 2 aromatic heterocycles. The molecular formula is C22H20Cl2N4. The molecule has 4 aromatic rings. The van der Waals surface area contributed by atoms with Crippen molar-refractivity contribution in [2.24, 2.45) is 0 Å². The highest BCUT2D eigenvalue weighted by atomic mass is 35.5. The lowest BCUT2D eigenvalue weighted by Gasteiger charge is -2.17. The molecule has 2 aromatic carbocycles. The van der Waals surface area contributed by atoms with Crippen molar-refractivity contribution in [2.75, 3.05) is 0 Å². The van der Waals surface area contributed by atoms with Gasteiger partial charge in [-0.2, -0.15) is 0 Å². The van der Waals surface area contributed by atoms with Gasteiger partial charge in [0.2, 0.25) is 0 Å². The first-order chi connectivity index (χ1) is 13.4. The predicted molar refractivity (Wildman–Crippen MR) is 115 cm³/mol. The Kier molecular flexibility index (Phi) is 4.77. The van der Waals surface area contributed by atoms with Crippen LogP contribution in [0, 0.1) is 27.7 Å². The quantitative estimate of drug-likeness (QED) is 0.399. The summed E-state index contributed by atoms with van der Waals surface area (Å²) in [5.74, 6) is 1.55. The van der Waals surface area contributed by atoms with Crippen LogP contribution < -0.4 is 0 Å². The van der Waals surface area contributed by atoms with E-state index in [2.05, 4.69) is 9.35 Å². The molecule has 2 heterocycles. The number of nitrogens with zero attached hydrogens (tertiary/aromatic N) is 4. The van der Waals surface area contributed by atoms with Crippen molar-refractivity contribution < 1.29 is 0 Å². The Morgan fingerprint density at radius 3 is 1.32 bits per heavy atom. The molecule has 0 radical (unpaired) electrons. The molecule has 0 unspecified atom stereocenters. The van der Waals surface area contributed by atoms with Gasteiger partial charge in [-0.1, -0.05) is 47.5 Å². The van der Waals surface area contributed by atoms with Gasteiger partial charge in [-0.05, 0) is 52.0 Å². The Morgan fingerprint density at radius 1 is 0.607 bits per heavy atom. The number of rotatable bonds is 3. The van der Waals surface area contributed by atoms with Crippen LogP contribution in [0.3, 0.4) is 0 Å². The highest BCUT2D eigenvalue weighted by molar-refractivity contribution is 6.33. The van der Waals surface area contributed by atoms with Gasteiger partial charge in [0.05, 0.1) is 32.8 Å². The first-order valence-electron chi connectivity index (χ1n) is 9.02. The maximum Gasteiger partial charge on any atom is 0.161 e. The van der Waals surface area contributed by atoms with Crippen molar-refractivity contribution in [2.45, 2.75) is 27.7 Å². The highest BCUT2D eigenvalue weighted by Crippen LogP contribution is 2.33. The lowest BCUT2D eigenvalue weighted by Crippen LogP contribution is -2.16. The summed E-state index contributed by atoms with van der Waals surface area (Å²) in [6.45, 7) is 8.10. The molecule has 0 amide bonds. The van der Waals surface area contributed by atoms with Gasteiger partial charge < -0.3 is 0 Å². The minimum Gasteiger partial charge on any atom is -0.231 e. The van der Waals surface area contributed by atoms with Gasteiger partial charge in [0.1, 0.15) is 0 Å². The van der Waals surface area contributed by atoms with E-state index in [0.29, 0.717) is 10.0 Å². The molecule has 142 valence electrons. The molecule has 0 saturated heterocycles. The van der Waals surface area contributed by atoms with Crippen LogP contribution >= 0.6 is 23.2 Å². The van der Waals surface area contributed by atoms with E-state index < -0.39 is 0 Å². The summed E-state index contributed by atoms with van der Waals surface area (Å²) < 4.78 is 4.15. The monoisotopic (exact) mass is 410 g/mol. The fourth-order valence-electron chi connectivity index (χ4n) is 3.32. The van der Waals surface area contributed by atoms with Crippen LogP contribution in [0.2, 0.25) is 10.0 Å². The fraction of sp³-hybridized carbons (Fsp3) is 0.182. The van der Waals surface area contributed by atoms with E-state index in [-0.39, 0.29) is 0 Å². The highest BCUT2D eigenvalue weighted by Gasteiger charge is 2.23. The normalized spacial score (nSPS) is 11.2. The van der Waals surface area contributed by atoms with Crippen LogP contribution in [0.25, 0.3) is 22.8 Å². The molecule has 6 heteroatoms. The number of benzene rings is 2. The second kappa shape index (κ2) is 7.12. The fourth-order valence-corrected chi connectivity index (χ4v) is 3.76. The van der Waals surface area contributed by atoms with E-state index in [9.17, 15) is 0 Å². The summed E-state index contributed by atoms with van der Waals surface area (Å²) in [7, 11) is 0. The molecule has 0 aliphatic heterocycles. The van der Waals surface area contributed by atoms with E-state index in [4.69, 9.17) is 33.2 Å². The zero-order valence-corrected chi connectivity index (χ0v) is 17.7. The molecule has 28 heavy (non-hydrogen) atoms. The molecule has 4 nitrogen and oxygen atoms in total. The first-order valence-corrected chi connectivity index (χ1v) is 9.78. The Morgan fingerprint density at radius 2 is 0.964 bits per heavy atom. The SMILES string of the molecule is Cc1nc(-c2ccccc2Cl)n(-n2c(-c3ccccc3Cl)nc(C)c2C)c1C. The molecule has 0 fully saturated rings. The largest absolute Gasteiger partial charge is 0.231 e. The maximum atomic E-state index is 6.51. The van der Waals surface area contributed by atoms with Crippen molar-refractivity contribution >= 4 is 23.2 Å². The third-order valence-electron chi connectivity index (χ3n) is 5.06. The van der Waals surface area contributed by atoms with Gasteiger partial charge >= 0.3 is 0 Å². The van der Waals surface area contributed by atoms with Gasteiger partial charge in [0.15, 0.2) is 11.6 Å². The number of aromatic nitrogens is 4. The molecule has 0 spiro atoms. The topological polar surface area (TPSA) is 35.6 Å². The molecule has 0 aliphatic carbocycles. The van der Waals surface area contributed by atoms with E-state index in [1.165, 1.54) is 0 Å². The molecule has 0 N–H and O–H groups in total. The van der Waals surface area contributed by atoms with Gasteiger partial charge in [-0.3, -0.25) is 0 Å². The van der Waals surface area contributed by atoms with Gasteiger partial charge in [0.25, 0.3) is 0 Å². The van der Waals surface area contributed by atoms with E-state index >= 15 is 0 Å². The molecule has 0 saturated carbocycles. The third-order valence-corrected chi connectivity index (χ3v) is 5.72. The van der Waals surface area contributed by atoms with Gasteiger partial charge in [0, 0.05) is 11.1 Å². The lowest BCUT2D eigenvalue weighted by molar-refractivity contribution is 0.634. The lowest BCUT2D eigenvalue weighted by atomic mass is 10.2. The van der Waals surface area contributed by atoms with Crippen LogP contribution in [0.5, 0.6) is 0 Å². The Labute approximate surface area is 174 Å². The van der Waals surface area contributed by atoms with E-state index in [0.717, 1.165) is 45.6 Å². The number of hydrogen-bond donors (Lipinski definition) is 0. The van der Waals surface area contributed by atoms with E-state index in [1.54, 1.807) is 0 Å². The minimum atomic E-state index is 0.655. The average Bonchev–Trinajstić information content (AvgIpc) is 3.12. The standard InChI is InChI=1S/C22H20Cl2N4/c1-13-15(3)27(21(25-13)17-9-5-7-11-19(17)23)28-16(4)14(2)26-22(28)18-10-6-8-12-20(18)24/h5-12H,1-4H3. The van der Waals surface area contributed by atoms with Crippen LogP contribution in [0.4, 0.5) is 0 Å². The smallest absolute Gasteiger partial charge is 0.161 e. The zero-order chi connectivity index (χ0) is 20.0. The van der Waals surface area contributed by atoms with E-state index in [1.807, 2.05) is 76.2 Å². The van der Waals surface area contributed by atoms with Crippen molar-refractivity contribution in [3.63, 3.8) is 0 Å². The number of halogens is 2. The second-order valence-corrected chi connectivity index (χ2v) is 7.61. The Bertz CT molecular complexity index is 1090. The zero-order valence-electron chi connectivity index (χ0n) is 16.2. The number of hydrogen-bond acceptors (Lipinski definition) is 2. The first kappa shape index (κ1) is 18.8. The average molecular weight is 411 g/mol. The second-order valence-electron chi connectivity index (χ2n) is 6.80. The minimum absolute atomic E-state index is 0.655. The van der Waals surface area contributed by atoms with Crippen LogP contribution in [-0.4, -0.2) is 19.3 Å². The summed E-state index contributed by atoms with van der Waals surface area (Å²) in [6, 6.07) is 15.5. The molecule has 4 rings (SSSR count). The number of aryl methyl sites for hydroxylation is 2. The predicted octanol–water partition coefficient (Wildman–Crippen LogP) is 6.27. The third kappa shape index (κ3) is 2.93. The maximum absolute atomic E-state index is 6.51. The van der Waals surface area contributed by atoms with Crippen LogP contribution in [-0.2, 0) is 0 Å². The van der Waals surface area contributed by atoms with Crippen molar-refractivity contribution in [1.29, 1.82) is 0 Å².